The van der Waals surface area contributed by atoms with Crippen LogP contribution >= 0.6 is 7.37 Å². The fraction of sp³-hybridized carbons (Fsp3) is 0.500. The molecule has 0 bridgehead atoms. The molecular weight excluding hydrogens is 344 g/mol. The van der Waals surface area contributed by atoms with Crippen molar-refractivity contribution < 1.29 is 34.9 Å². The minimum atomic E-state index is -5.85. The molecule has 1 rings (SSSR count). The molecular formula is C12H16F3O5PS. The molecule has 10 heteroatoms. The van der Waals surface area contributed by atoms with Gasteiger partial charge in [0.15, 0.2) is 0 Å². The molecule has 1 unspecified atom stereocenters. The van der Waals surface area contributed by atoms with Crippen molar-refractivity contribution in [3.63, 3.8) is 0 Å². The summed E-state index contributed by atoms with van der Waals surface area (Å²) in [5, 5.41) is 0.0716. The molecule has 0 amide bonds. The second-order valence-corrected chi connectivity index (χ2v) is 9.27. The first kappa shape index (κ1) is 19.2. The van der Waals surface area contributed by atoms with E-state index in [1.54, 1.807) is 26.8 Å². The van der Waals surface area contributed by atoms with Crippen molar-refractivity contribution in [3.8, 4) is 0 Å². The number of rotatable bonds is 5. The molecule has 1 aromatic rings. The Balaban J connectivity index is 3.12. The quantitative estimate of drug-likeness (QED) is 0.458. The molecule has 0 heterocycles. The summed E-state index contributed by atoms with van der Waals surface area (Å²) in [6.45, 7) is 4.63. The first-order valence-electron chi connectivity index (χ1n) is 6.08. The molecule has 0 saturated carbocycles. The summed E-state index contributed by atoms with van der Waals surface area (Å²) >= 11 is 0. The molecule has 0 aliphatic heterocycles. The van der Waals surface area contributed by atoms with Crippen molar-refractivity contribution in [1.82, 2.24) is 0 Å². The number of hydrogen-bond donors (Lipinski definition) is 0. The van der Waals surface area contributed by atoms with Crippen LogP contribution < -0.4 is 5.30 Å². The Hall–Kier alpha value is -0.890. The van der Waals surface area contributed by atoms with Gasteiger partial charge in [-0.1, -0.05) is 18.2 Å². The van der Waals surface area contributed by atoms with Crippen LogP contribution in [0.3, 0.4) is 0 Å². The summed E-state index contributed by atoms with van der Waals surface area (Å²) in [6.07, 6.45) is -1.23. The van der Waals surface area contributed by atoms with Crippen molar-refractivity contribution in [3.05, 3.63) is 30.3 Å². The smallest absolute Gasteiger partial charge is 0.318 e. The van der Waals surface area contributed by atoms with Gasteiger partial charge in [-0.2, -0.15) is 21.6 Å². The Labute approximate surface area is 127 Å². The Morgan fingerprint density at radius 1 is 1.09 bits per heavy atom. The van der Waals surface area contributed by atoms with Gasteiger partial charge in [0.2, 0.25) is 0 Å². The Morgan fingerprint density at radius 2 is 1.59 bits per heavy atom. The van der Waals surface area contributed by atoms with Crippen molar-refractivity contribution in [2.75, 3.05) is 6.35 Å². The van der Waals surface area contributed by atoms with Gasteiger partial charge in [0.25, 0.3) is 7.37 Å². The van der Waals surface area contributed by atoms with Crippen LogP contribution in [0, 0.1) is 0 Å². The molecule has 0 aliphatic rings. The normalized spacial score (nSPS) is 16.3. The van der Waals surface area contributed by atoms with E-state index in [1.807, 2.05) is 0 Å². The molecule has 0 aromatic heterocycles. The molecule has 126 valence electrons. The summed E-state index contributed by atoms with van der Waals surface area (Å²) in [4.78, 5) is 0. The lowest BCUT2D eigenvalue weighted by molar-refractivity contribution is -0.0532. The van der Waals surface area contributed by atoms with E-state index >= 15 is 0 Å². The number of halogens is 3. The number of alkyl halides is 3. The van der Waals surface area contributed by atoms with Gasteiger partial charge in [-0.15, -0.1) is 0 Å². The summed E-state index contributed by atoms with van der Waals surface area (Å²) in [5.74, 6) is 0. The van der Waals surface area contributed by atoms with Gasteiger partial charge in [0, 0.05) is 5.30 Å². The van der Waals surface area contributed by atoms with E-state index in [1.165, 1.54) is 24.3 Å². The van der Waals surface area contributed by atoms with E-state index in [0.717, 1.165) is 0 Å². The van der Waals surface area contributed by atoms with Crippen molar-refractivity contribution in [1.29, 1.82) is 0 Å². The van der Waals surface area contributed by atoms with Gasteiger partial charge in [0.05, 0.1) is 5.60 Å². The zero-order valence-corrected chi connectivity index (χ0v) is 13.8. The monoisotopic (exact) mass is 360 g/mol. The molecule has 0 fully saturated rings. The van der Waals surface area contributed by atoms with Gasteiger partial charge in [-0.3, -0.25) is 8.75 Å². The Bertz CT molecular complexity index is 650. The maximum atomic E-state index is 12.8. The third kappa shape index (κ3) is 5.08. The maximum absolute atomic E-state index is 12.8. The Kier molecular flexibility index (Phi) is 5.50. The lowest BCUT2D eigenvalue weighted by Gasteiger charge is -2.27. The van der Waals surface area contributed by atoms with Crippen LogP contribution in [-0.4, -0.2) is 25.9 Å². The van der Waals surface area contributed by atoms with Gasteiger partial charge in [0.1, 0.15) is 6.35 Å². The van der Waals surface area contributed by atoms with Gasteiger partial charge < -0.3 is 4.52 Å². The van der Waals surface area contributed by atoms with E-state index in [-0.39, 0.29) is 5.30 Å². The van der Waals surface area contributed by atoms with Crippen LogP contribution in [0.2, 0.25) is 0 Å². The first-order chi connectivity index (χ1) is 9.77. The first-order valence-corrected chi connectivity index (χ1v) is 9.30. The molecule has 5 nitrogen and oxygen atoms in total. The van der Waals surface area contributed by atoms with Crippen LogP contribution in [0.5, 0.6) is 0 Å². The summed E-state index contributed by atoms with van der Waals surface area (Å²) in [7, 11) is -9.81. The van der Waals surface area contributed by atoms with Crippen LogP contribution in [0.4, 0.5) is 13.2 Å². The van der Waals surface area contributed by atoms with Crippen molar-refractivity contribution >= 4 is 22.8 Å². The number of hydrogen-bond acceptors (Lipinski definition) is 5. The highest BCUT2D eigenvalue weighted by atomic mass is 32.2. The highest BCUT2D eigenvalue weighted by Gasteiger charge is 2.49. The van der Waals surface area contributed by atoms with Crippen LogP contribution in [0.1, 0.15) is 20.8 Å². The van der Waals surface area contributed by atoms with Crippen LogP contribution in [-0.2, 0) is 23.4 Å². The lowest BCUT2D eigenvalue weighted by Crippen LogP contribution is -2.29. The second kappa shape index (κ2) is 6.31. The highest BCUT2D eigenvalue weighted by Crippen LogP contribution is 2.50. The zero-order chi connectivity index (χ0) is 17.2. The minimum Gasteiger partial charge on any atom is -0.318 e. The highest BCUT2D eigenvalue weighted by molar-refractivity contribution is 7.88. The third-order valence-corrected chi connectivity index (χ3v) is 5.80. The van der Waals surface area contributed by atoms with E-state index in [0.29, 0.717) is 0 Å². The SMILES string of the molecule is CC(C)(C)OP(=O)(COS(=O)(=O)C(F)(F)F)c1ccccc1. The average molecular weight is 360 g/mol. The standard InChI is InChI=1S/C12H16F3O5PS/c1-11(2,3)20-21(16,10-7-5-4-6-8-10)9-19-22(17,18)12(13,14)15/h4-8H,9H2,1-3H3. The predicted molar refractivity (Wildman–Crippen MR) is 75.4 cm³/mol. The molecule has 0 N–H and O–H groups in total. The largest absolute Gasteiger partial charge is 0.523 e. The number of benzene rings is 1. The zero-order valence-electron chi connectivity index (χ0n) is 12.1. The van der Waals surface area contributed by atoms with E-state index in [4.69, 9.17) is 4.52 Å². The maximum Gasteiger partial charge on any atom is 0.523 e. The van der Waals surface area contributed by atoms with Crippen LogP contribution in [0.15, 0.2) is 30.3 Å². The summed E-state index contributed by atoms with van der Waals surface area (Å²) in [6, 6.07) is 7.36. The second-order valence-electron chi connectivity index (χ2n) is 5.36. The minimum absolute atomic E-state index is 0.0716. The Morgan fingerprint density at radius 3 is 2.00 bits per heavy atom. The molecule has 1 atom stereocenters. The fourth-order valence-corrected chi connectivity index (χ4v) is 4.52. The molecule has 0 aliphatic carbocycles. The van der Waals surface area contributed by atoms with Crippen molar-refractivity contribution in [2.45, 2.75) is 31.9 Å². The van der Waals surface area contributed by atoms with Crippen molar-refractivity contribution in [2.24, 2.45) is 0 Å². The molecule has 0 radical (unpaired) electrons. The summed E-state index contributed by atoms with van der Waals surface area (Å²) in [5.41, 5.74) is -6.56. The topological polar surface area (TPSA) is 69.7 Å². The van der Waals surface area contributed by atoms with E-state index in [9.17, 15) is 26.2 Å². The predicted octanol–water partition coefficient (Wildman–Crippen LogP) is 3.23. The van der Waals surface area contributed by atoms with Gasteiger partial charge in [-0.25, -0.2) is 0 Å². The van der Waals surface area contributed by atoms with Gasteiger partial charge >= 0.3 is 15.6 Å². The molecule has 1 aromatic carbocycles. The average Bonchev–Trinajstić information content (AvgIpc) is 2.34. The van der Waals surface area contributed by atoms with E-state index < -0.39 is 34.9 Å². The lowest BCUT2D eigenvalue weighted by atomic mass is 10.2. The third-order valence-electron chi connectivity index (χ3n) is 2.23. The molecule has 0 saturated heterocycles. The molecule has 22 heavy (non-hydrogen) atoms. The van der Waals surface area contributed by atoms with E-state index in [2.05, 4.69) is 4.18 Å². The summed E-state index contributed by atoms with van der Waals surface area (Å²) < 4.78 is 80.9. The fourth-order valence-electron chi connectivity index (χ4n) is 1.46. The van der Waals surface area contributed by atoms with Crippen LogP contribution in [0.25, 0.3) is 0 Å². The van der Waals surface area contributed by atoms with Gasteiger partial charge in [-0.05, 0) is 32.9 Å². The molecule has 0 spiro atoms.